The quantitative estimate of drug-likeness (QED) is 0.496. The largest absolute Gasteiger partial charge is 0.352 e. The average Bonchev–Trinajstić information content (AvgIpc) is 3.48. The van der Waals surface area contributed by atoms with Crippen LogP contribution < -0.4 is 5.32 Å². The Kier molecular flexibility index (Phi) is 5.58. The molecule has 0 spiro atoms. The number of aryl methyl sites for hydroxylation is 1. The normalized spacial score (nSPS) is 10.9. The van der Waals surface area contributed by atoms with Gasteiger partial charge >= 0.3 is 0 Å². The number of rotatable bonds is 8. The van der Waals surface area contributed by atoms with Crippen molar-refractivity contribution in [3.63, 3.8) is 0 Å². The molecule has 0 saturated heterocycles. The predicted molar refractivity (Wildman–Crippen MR) is 106 cm³/mol. The van der Waals surface area contributed by atoms with Crippen molar-refractivity contribution in [1.82, 2.24) is 25.0 Å². The first kappa shape index (κ1) is 18.1. The molecule has 4 aromatic rings. The van der Waals surface area contributed by atoms with Crippen molar-refractivity contribution < 1.29 is 9.32 Å². The predicted octanol–water partition coefficient (Wildman–Crippen LogP) is 3.29. The fourth-order valence-corrected chi connectivity index (χ4v) is 3.46. The van der Waals surface area contributed by atoms with Crippen molar-refractivity contribution in [1.29, 1.82) is 0 Å². The maximum Gasteiger partial charge on any atom is 0.227 e. The highest BCUT2D eigenvalue weighted by molar-refractivity contribution is 7.08. The fourth-order valence-electron chi connectivity index (χ4n) is 2.83. The van der Waals surface area contributed by atoms with Crippen molar-refractivity contribution in [3.05, 3.63) is 76.8 Å². The molecule has 8 heteroatoms. The summed E-state index contributed by atoms with van der Waals surface area (Å²) < 4.78 is 7.24. The van der Waals surface area contributed by atoms with E-state index in [-0.39, 0.29) is 5.91 Å². The number of hydrogen-bond donors (Lipinski definition) is 1. The number of aromatic nitrogens is 4. The van der Waals surface area contributed by atoms with Crippen LogP contribution in [-0.4, -0.2) is 25.6 Å². The molecule has 1 amide bonds. The van der Waals surface area contributed by atoms with E-state index in [1.165, 1.54) is 0 Å². The number of carbonyl (C=O) groups is 1. The van der Waals surface area contributed by atoms with E-state index in [1.807, 2.05) is 45.8 Å². The van der Waals surface area contributed by atoms with Crippen molar-refractivity contribution in [2.24, 2.45) is 0 Å². The molecule has 0 aliphatic heterocycles. The van der Waals surface area contributed by atoms with Gasteiger partial charge in [0.25, 0.3) is 0 Å². The minimum atomic E-state index is -0.0484. The first-order chi connectivity index (χ1) is 13.8. The number of hydrogen-bond acceptors (Lipinski definition) is 6. The molecule has 0 saturated carbocycles. The molecular formula is C20H19N5O2S. The molecule has 28 heavy (non-hydrogen) atoms. The van der Waals surface area contributed by atoms with Crippen molar-refractivity contribution in [2.75, 3.05) is 0 Å². The number of nitrogens with one attached hydrogen (secondary N) is 1. The van der Waals surface area contributed by atoms with Crippen molar-refractivity contribution in [2.45, 2.75) is 25.9 Å². The van der Waals surface area contributed by atoms with Gasteiger partial charge in [0, 0.05) is 49.3 Å². The smallest absolute Gasteiger partial charge is 0.227 e. The van der Waals surface area contributed by atoms with Gasteiger partial charge in [-0.05, 0) is 22.6 Å². The molecule has 3 heterocycles. The minimum absolute atomic E-state index is 0.0484. The van der Waals surface area contributed by atoms with Crippen molar-refractivity contribution >= 4 is 17.2 Å². The summed E-state index contributed by atoms with van der Waals surface area (Å²) in [5.41, 5.74) is 3.17. The summed E-state index contributed by atoms with van der Waals surface area (Å²) in [6.45, 7) is 1.20. The zero-order valence-electron chi connectivity index (χ0n) is 15.1. The van der Waals surface area contributed by atoms with Gasteiger partial charge in [0.1, 0.15) is 0 Å². The summed E-state index contributed by atoms with van der Waals surface area (Å²) in [5.74, 6) is 0.981. The Morgan fingerprint density at radius 2 is 2.11 bits per heavy atom. The molecule has 0 aliphatic rings. The molecule has 0 aliphatic carbocycles. The van der Waals surface area contributed by atoms with Crippen molar-refractivity contribution in [3.8, 4) is 11.4 Å². The number of benzene rings is 1. The monoisotopic (exact) mass is 393 g/mol. The molecule has 1 N–H and O–H groups in total. The molecule has 4 rings (SSSR count). The molecule has 0 fully saturated rings. The Morgan fingerprint density at radius 1 is 1.21 bits per heavy atom. The van der Waals surface area contributed by atoms with Gasteiger partial charge in [0.2, 0.25) is 17.6 Å². The molecular weight excluding hydrogens is 374 g/mol. The maximum atomic E-state index is 12.2. The van der Waals surface area contributed by atoms with Gasteiger partial charge < -0.3 is 14.4 Å². The topological polar surface area (TPSA) is 85.8 Å². The number of thiophene rings is 1. The summed E-state index contributed by atoms with van der Waals surface area (Å²) in [5, 5.41) is 10.9. The van der Waals surface area contributed by atoms with Gasteiger partial charge in [-0.15, -0.1) is 0 Å². The Balaban J connectivity index is 1.29. The first-order valence-electron chi connectivity index (χ1n) is 8.92. The number of nitrogens with zero attached hydrogens (tertiary/aromatic N) is 4. The van der Waals surface area contributed by atoms with Crippen LogP contribution in [-0.2, 0) is 24.3 Å². The van der Waals surface area contributed by atoms with Gasteiger partial charge in [-0.3, -0.25) is 4.79 Å². The minimum Gasteiger partial charge on any atom is -0.352 e. The summed E-state index contributed by atoms with van der Waals surface area (Å²) in [7, 11) is 0. The zero-order chi connectivity index (χ0) is 19.2. The van der Waals surface area contributed by atoms with Crippen LogP contribution in [0.1, 0.15) is 23.4 Å². The number of imidazole rings is 1. The van der Waals surface area contributed by atoms with Gasteiger partial charge in [-0.1, -0.05) is 29.4 Å². The zero-order valence-corrected chi connectivity index (χ0v) is 15.9. The third kappa shape index (κ3) is 4.52. The van der Waals surface area contributed by atoms with Crippen LogP contribution >= 0.6 is 11.3 Å². The van der Waals surface area contributed by atoms with E-state index in [9.17, 15) is 4.79 Å². The van der Waals surface area contributed by atoms with E-state index in [0.29, 0.717) is 31.1 Å². The van der Waals surface area contributed by atoms with E-state index in [4.69, 9.17) is 4.52 Å². The summed E-state index contributed by atoms with van der Waals surface area (Å²) in [6.07, 6.45) is 6.18. The lowest BCUT2D eigenvalue weighted by atomic mass is 10.1. The molecule has 0 unspecified atom stereocenters. The summed E-state index contributed by atoms with van der Waals surface area (Å²) in [4.78, 5) is 20.6. The standard InChI is InChI=1S/C20H19N5O2S/c26-18(5-6-19-23-20(24-27-19)17-7-10-28-13-17)22-11-15-3-1-2-4-16(15)12-25-9-8-21-14-25/h1-4,7-10,13-14H,5-6,11-12H2,(H,22,26). The molecule has 0 bridgehead atoms. The lowest BCUT2D eigenvalue weighted by Crippen LogP contribution is -2.23. The van der Waals surface area contributed by atoms with E-state index in [0.717, 1.165) is 23.2 Å². The Bertz CT molecular complexity index is 1020. The molecule has 7 nitrogen and oxygen atoms in total. The average molecular weight is 393 g/mol. The van der Waals surface area contributed by atoms with Gasteiger partial charge in [0.05, 0.1) is 6.33 Å². The lowest BCUT2D eigenvalue weighted by molar-refractivity contribution is -0.121. The number of carbonyl (C=O) groups excluding carboxylic acids is 1. The van der Waals surface area contributed by atoms with Crippen LogP contribution in [0.15, 0.2) is 64.3 Å². The van der Waals surface area contributed by atoms with Gasteiger partial charge in [-0.2, -0.15) is 16.3 Å². The highest BCUT2D eigenvalue weighted by Crippen LogP contribution is 2.19. The Morgan fingerprint density at radius 3 is 2.89 bits per heavy atom. The molecule has 0 radical (unpaired) electrons. The molecule has 1 aromatic carbocycles. The van der Waals surface area contributed by atoms with Crippen LogP contribution in [0.3, 0.4) is 0 Å². The second kappa shape index (κ2) is 8.62. The molecule has 0 atom stereocenters. The first-order valence-corrected chi connectivity index (χ1v) is 9.86. The van der Waals surface area contributed by atoms with E-state index in [2.05, 4.69) is 26.5 Å². The highest BCUT2D eigenvalue weighted by Gasteiger charge is 2.11. The Hall–Kier alpha value is -3.26. The summed E-state index contributed by atoms with van der Waals surface area (Å²) in [6, 6.07) is 10.00. The van der Waals surface area contributed by atoms with Crippen LogP contribution in [0.4, 0.5) is 0 Å². The third-order valence-electron chi connectivity index (χ3n) is 4.32. The van der Waals surface area contributed by atoms with Crippen LogP contribution in [0.2, 0.25) is 0 Å². The summed E-state index contributed by atoms with van der Waals surface area (Å²) >= 11 is 1.58. The van der Waals surface area contributed by atoms with Crippen LogP contribution in [0.5, 0.6) is 0 Å². The lowest BCUT2D eigenvalue weighted by Gasteiger charge is -2.11. The number of amides is 1. The third-order valence-corrected chi connectivity index (χ3v) is 5.00. The molecule has 3 aromatic heterocycles. The SMILES string of the molecule is O=C(CCc1nc(-c2ccsc2)no1)NCc1ccccc1Cn1ccnc1. The Labute approximate surface area is 166 Å². The second-order valence-corrected chi connectivity index (χ2v) is 7.08. The fraction of sp³-hybridized carbons (Fsp3) is 0.200. The van der Waals surface area contributed by atoms with Gasteiger partial charge in [-0.25, -0.2) is 4.98 Å². The second-order valence-electron chi connectivity index (χ2n) is 6.30. The van der Waals surface area contributed by atoms with Crippen LogP contribution in [0.25, 0.3) is 11.4 Å². The van der Waals surface area contributed by atoms with Crippen LogP contribution in [0, 0.1) is 0 Å². The van der Waals surface area contributed by atoms with E-state index >= 15 is 0 Å². The van der Waals surface area contributed by atoms with Gasteiger partial charge in [0.15, 0.2) is 0 Å². The maximum absolute atomic E-state index is 12.2. The highest BCUT2D eigenvalue weighted by atomic mass is 32.1. The van der Waals surface area contributed by atoms with E-state index in [1.54, 1.807) is 23.9 Å². The van der Waals surface area contributed by atoms with E-state index < -0.39 is 0 Å². The molecule has 142 valence electrons.